The summed E-state index contributed by atoms with van der Waals surface area (Å²) in [6, 6.07) is 17.1. The highest BCUT2D eigenvalue weighted by Crippen LogP contribution is 2.23. The minimum atomic E-state index is 0.140. The predicted molar refractivity (Wildman–Crippen MR) is 88.8 cm³/mol. The minimum Gasteiger partial charge on any atom is -0.493 e. The summed E-state index contributed by atoms with van der Waals surface area (Å²) in [4.78, 5) is 0. The van der Waals surface area contributed by atoms with Crippen LogP contribution >= 0.6 is 0 Å². The second kappa shape index (κ2) is 7.84. The summed E-state index contributed by atoms with van der Waals surface area (Å²) in [6.07, 6.45) is 2.81. The van der Waals surface area contributed by atoms with Crippen molar-refractivity contribution in [3.8, 4) is 5.75 Å². The molecule has 112 valence electrons. The molecule has 0 aliphatic rings. The Bertz CT molecular complexity index is 549. The molecule has 0 heterocycles. The fourth-order valence-electron chi connectivity index (χ4n) is 2.43. The van der Waals surface area contributed by atoms with Crippen molar-refractivity contribution in [3.63, 3.8) is 0 Å². The Labute approximate surface area is 127 Å². The molecule has 0 fully saturated rings. The first-order chi connectivity index (χ1) is 10.2. The van der Waals surface area contributed by atoms with Crippen LogP contribution in [0.5, 0.6) is 5.75 Å². The Morgan fingerprint density at radius 1 is 1.05 bits per heavy atom. The van der Waals surface area contributed by atoms with E-state index in [0.717, 1.165) is 31.6 Å². The monoisotopic (exact) mass is 283 g/mol. The molecule has 1 unspecified atom stereocenters. The van der Waals surface area contributed by atoms with Gasteiger partial charge in [0.25, 0.3) is 0 Å². The van der Waals surface area contributed by atoms with E-state index in [4.69, 9.17) is 10.5 Å². The van der Waals surface area contributed by atoms with Gasteiger partial charge in [-0.15, -0.1) is 0 Å². The molecular weight excluding hydrogens is 258 g/mol. The lowest BCUT2D eigenvalue weighted by Gasteiger charge is -2.14. The normalized spacial score (nSPS) is 12.1. The van der Waals surface area contributed by atoms with Crippen LogP contribution in [0.2, 0.25) is 0 Å². The highest BCUT2D eigenvalue weighted by atomic mass is 16.5. The van der Waals surface area contributed by atoms with E-state index in [-0.39, 0.29) is 6.04 Å². The number of benzene rings is 2. The summed E-state index contributed by atoms with van der Waals surface area (Å²) in [7, 11) is 0. The number of nitrogens with two attached hydrogens (primary N) is 1. The first-order valence-corrected chi connectivity index (χ1v) is 7.73. The lowest BCUT2D eigenvalue weighted by atomic mass is 9.99. The van der Waals surface area contributed by atoms with E-state index >= 15 is 0 Å². The molecule has 2 nitrogen and oxygen atoms in total. The van der Waals surface area contributed by atoms with Crippen LogP contribution < -0.4 is 10.5 Å². The third kappa shape index (κ3) is 4.91. The molecular formula is C19H25NO. The van der Waals surface area contributed by atoms with E-state index in [2.05, 4.69) is 49.4 Å². The van der Waals surface area contributed by atoms with Crippen molar-refractivity contribution in [2.45, 2.75) is 39.2 Å². The molecule has 0 saturated heterocycles. The summed E-state index contributed by atoms with van der Waals surface area (Å²) in [5.74, 6) is 0.978. The molecule has 2 rings (SSSR count). The maximum absolute atomic E-state index is 5.97. The average molecular weight is 283 g/mol. The smallest absolute Gasteiger partial charge is 0.122 e. The van der Waals surface area contributed by atoms with Crippen molar-refractivity contribution in [3.05, 3.63) is 65.2 Å². The van der Waals surface area contributed by atoms with Gasteiger partial charge in [-0.25, -0.2) is 0 Å². The van der Waals surface area contributed by atoms with E-state index in [9.17, 15) is 0 Å². The third-order valence-electron chi connectivity index (χ3n) is 3.38. The molecule has 2 heteroatoms. The van der Waals surface area contributed by atoms with Crippen LogP contribution in [-0.4, -0.2) is 12.6 Å². The average Bonchev–Trinajstić information content (AvgIpc) is 2.47. The standard InChI is InChI=1S/C19H25NO/c1-3-11-21-19-10-9-17(14-18(19)12-15(2)20)13-16-7-5-4-6-8-16/h4-10,14-15H,3,11-13,20H2,1-2H3. The highest BCUT2D eigenvalue weighted by molar-refractivity contribution is 5.39. The Morgan fingerprint density at radius 3 is 2.48 bits per heavy atom. The van der Waals surface area contributed by atoms with E-state index in [1.165, 1.54) is 16.7 Å². The predicted octanol–water partition coefficient (Wildman–Crippen LogP) is 3.96. The van der Waals surface area contributed by atoms with Gasteiger partial charge in [-0.3, -0.25) is 0 Å². The zero-order chi connectivity index (χ0) is 15.1. The fourth-order valence-corrected chi connectivity index (χ4v) is 2.43. The largest absolute Gasteiger partial charge is 0.493 e. The summed E-state index contributed by atoms with van der Waals surface area (Å²) in [5.41, 5.74) is 9.82. The van der Waals surface area contributed by atoms with Crippen LogP contribution in [0.15, 0.2) is 48.5 Å². The van der Waals surface area contributed by atoms with Gasteiger partial charge < -0.3 is 10.5 Å². The highest BCUT2D eigenvalue weighted by Gasteiger charge is 2.08. The molecule has 1 atom stereocenters. The molecule has 0 spiro atoms. The zero-order valence-corrected chi connectivity index (χ0v) is 13.0. The van der Waals surface area contributed by atoms with Crippen LogP contribution in [0, 0.1) is 0 Å². The van der Waals surface area contributed by atoms with Crippen LogP contribution in [0.25, 0.3) is 0 Å². The van der Waals surface area contributed by atoms with Crippen molar-refractivity contribution in [2.24, 2.45) is 5.73 Å². The molecule has 2 N–H and O–H groups in total. The van der Waals surface area contributed by atoms with Crippen LogP contribution in [-0.2, 0) is 12.8 Å². The Kier molecular flexibility index (Phi) is 5.82. The molecule has 0 saturated carbocycles. The number of hydrogen-bond donors (Lipinski definition) is 1. The molecule has 2 aromatic carbocycles. The van der Waals surface area contributed by atoms with Crippen LogP contribution in [0.1, 0.15) is 37.0 Å². The van der Waals surface area contributed by atoms with Gasteiger partial charge in [0.15, 0.2) is 0 Å². The zero-order valence-electron chi connectivity index (χ0n) is 13.0. The summed E-state index contributed by atoms with van der Waals surface area (Å²) >= 11 is 0. The third-order valence-corrected chi connectivity index (χ3v) is 3.38. The van der Waals surface area contributed by atoms with Gasteiger partial charge in [-0.1, -0.05) is 49.4 Å². The molecule has 0 aromatic heterocycles. The molecule has 0 radical (unpaired) electrons. The molecule has 0 aliphatic carbocycles. The quantitative estimate of drug-likeness (QED) is 0.835. The van der Waals surface area contributed by atoms with E-state index < -0.39 is 0 Å². The van der Waals surface area contributed by atoms with Crippen molar-refractivity contribution in [2.75, 3.05) is 6.61 Å². The molecule has 21 heavy (non-hydrogen) atoms. The topological polar surface area (TPSA) is 35.2 Å². The summed E-state index contributed by atoms with van der Waals surface area (Å²) < 4.78 is 5.84. The van der Waals surface area contributed by atoms with Crippen molar-refractivity contribution < 1.29 is 4.74 Å². The van der Waals surface area contributed by atoms with Gasteiger partial charge in [-0.2, -0.15) is 0 Å². The summed E-state index contributed by atoms with van der Waals surface area (Å²) in [6.45, 7) is 4.91. The fraction of sp³-hybridized carbons (Fsp3) is 0.368. The second-order valence-corrected chi connectivity index (χ2v) is 5.63. The number of hydrogen-bond acceptors (Lipinski definition) is 2. The van der Waals surface area contributed by atoms with Gasteiger partial charge in [0, 0.05) is 6.04 Å². The molecule has 0 bridgehead atoms. The molecule has 0 amide bonds. The Balaban J connectivity index is 2.19. The number of rotatable bonds is 7. The van der Waals surface area contributed by atoms with Crippen LogP contribution in [0.4, 0.5) is 0 Å². The first-order valence-electron chi connectivity index (χ1n) is 7.73. The Morgan fingerprint density at radius 2 is 1.81 bits per heavy atom. The van der Waals surface area contributed by atoms with Gasteiger partial charge in [0.05, 0.1) is 6.61 Å². The maximum atomic E-state index is 5.97. The molecule has 2 aromatic rings. The van der Waals surface area contributed by atoms with Crippen LogP contribution in [0.3, 0.4) is 0 Å². The van der Waals surface area contributed by atoms with Crippen molar-refractivity contribution in [1.82, 2.24) is 0 Å². The van der Waals surface area contributed by atoms with Gasteiger partial charge in [0.2, 0.25) is 0 Å². The van der Waals surface area contributed by atoms with Crippen molar-refractivity contribution in [1.29, 1.82) is 0 Å². The lowest BCUT2D eigenvalue weighted by molar-refractivity contribution is 0.313. The molecule has 0 aliphatic heterocycles. The second-order valence-electron chi connectivity index (χ2n) is 5.63. The van der Waals surface area contributed by atoms with E-state index in [0.29, 0.717) is 0 Å². The first kappa shape index (κ1) is 15.6. The summed E-state index contributed by atoms with van der Waals surface area (Å²) in [5, 5.41) is 0. The van der Waals surface area contributed by atoms with Crippen molar-refractivity contribution >= 4 is 0 Å². The SMILES string of the molecule is CCCOc1ccc(Cc2ccccc2)cc1CC(C)N. The maximum Gasteiger partial charge on any atom is 0.122 e. The van der Waals surface area contributed by atoms with Gasteiger partial charge in [0.1, 0.15) is 5.75 Å². The lowest BCUT2D eigenvalue weighted by Crippen LogP contribution is -2.18. The minimum absolute atomic E-state index is 0.140. The number of ether oxygens (including phenoxy) is 1. The van der Waals surface area contributed by atoms with E-state index in [1.54, 1.807) is 0 Å². The Hall–Kier alpha value is -1.80. The van der Waals surface area contributed by atoms with Gasteiger partial charge in [-0.05, 0) is 48.9 Å². The van der Waals surface area contributed by atoms with E-state index in [1.807, 2.05) is 13.0 Å². The van der Waals surface area contributed by atoms with Gasteiger partial charge >= 0.3 is 0 Å².